The number of hydrogen-bond donors (Lipinski definition) is 2. The highest BCUT2D eigenvalue weighted by atomic mass is 32.2. The molecule has 3 aliphatic rings. The van der Waals surface area contributed by atoms with Crippen molar-refractivity contribution in [1.82, 2.24) is 9.21 Å². The topological polar surface area (TPSA) is 100 Å². The van der Waals surface area contributed by atoms with E-state index in [1.54, 1.807) is 12.1 Å². The van der Waals surface area contributed by atoms with E-state index < -0.39 is 10.0 Å². The molecule has 1 atom stereocenters. The van der Waals surface area contributed by atoms with Gasteiger partial charge in [0.15, 0.2) is 0 Å². The molecule has 0 aromatic heterocycles. The van der Waals surface area contributed by atoms with Gasteiger partial charge in [-0.15, -0.1) is 0 Å². The van der Waals surface area contributed by atoms with Crippen LogP contribution in [0.25, 0.3) is 5.57 Å². The van der Waals surface area contributed by atoms with Crippen LogP contribution in [0, 0.1) is 0 Å². The second-order valence-corrected chi connectivity index (χ2v) is 11.7. The zero-order valence-corrected chi connectivity index (χ0v) is 21.7. The molecule has 1 amide bonds. The second kappa shape index (κ2) is 9.85. The Hall–Kier alpha value is -2.92. The van der Waals surface area contributed by atoms with Gasteiger partial charge in [-0.2, -0.15) is 0 Å². The van der Waals surface area contributed by atoms with Crippen LogP contribution in [0.4, 0.5) is 11.4 Å². The number of nitrogens with one attached hydrogen (secondary N) is 2. The third-order valence-electron chi connectivity index (χ3n) is 7.04. The van der Waals surface area contributed by atoms with Crippen molar-refractivity contribution in [3.63, 3.8) is 0 Å². The van der Waals surface area contributed by atoms with Gasteiger partial charge in [-0.05, 0) is 60.9 Å². The van der Waals surface area contributed by atoms with Crippen LogP contribution < -0.4 is 15.4 Å². The largest absolute Gasteiger partial charge is 0.492 e. The Morgan fingerprint density at radius 2 is 1.89 bits per heavy atom. The number of ether oxygens (including phenoxy) is 2. The first-order chi connectivity index (χ1) is 17.2. The summed E-state index contributed by atoms with van der Waals surface area (Å²) >= 11 is 0. The second-order valence-electron chi connectivity index (χ2n) is 9.53. The number of rotatable bonds is 7. The predicted molar refractivity (Wildman–Crippen MR) is 139 cm³/mol. The van der Waals surface area contributed by atoms with Gasteiger partial charge < -0.3 is 20.1 Å². The van der Waals surface area contributed by atoms with E-state index in [-0.39, 0.29) is 16.8 Å². The van der Waals surface area contributed by atoms with Crippen LogP contribution in [-0.4, -0.2) is 83.1 Å². The number of carbonyl (C=O) groups is 1. The van der Waals surface area contributed by atoms with Gasteiger partial charge in [0.25, 0.3) is 5.91 Å². The molecule has 1 saturated heterocycles. The number of morpholine rings is 1. The predicted octanol–water partition coefficient (Wildman–Crippen LogP) is 2.41. The summed E-state index contributed by atoms with van der Waals surface area (Å²) in [7, 11) is -0.626. The van der Waals surface area contributed by atoms with Gasteiger partial charge >= 0.3 is 0 Å². The number of nitrogens with zero attached hydrogens (tertiary/aromatic N) is 2. The fraction of sp³-hybridized carbons (Fsp3) is 0.423. The van der Waals surface area contributed by atoms with Gasteiger partial charge in [-0.3, -0.25) is 9.69 Å². The van der Waals surface area contributed by atoms with Crippen molar-refractivity contribution in [3.05, 3.63) is 53.1 Å². The smallest absolute Gasteiger partial charge is 0.256 e. The fourth-order valence-electron chi connectivity index (χ4n) is 4.89. The van der Waals surface area contributed by atoms with Crippen molar-refractivity contribution in [2.45, 2.75) is 24.3 Å². The molecule has 9 nitrogen and oxygen atoms in total. The highest BCUT2D eigenvalue weighted by Crippen LogP contribution is 2.39. The van der Waals surface area contributed by atoms with Crippen LogP contribution >= 0.6 is 0 Å². The third-order valence-corrected chi connectivity index (χ3v) is 8.85. The molecule has 3 aliphatic heterocycles. The molecule has 192 valence electrons. The highest BCUT2D eigenvalue weighted by Gasteiger charge is 2.32. The van der Waals surface area contributed by atoms with Gasteiger partial charge in [-0.1, -0.05) is 0 Å². The average Bonchev–Trinajstić information content (AvgIpc) is 3.43. The number of hydrogen-bond acceptors (Lipinski definition) is 7. The fourth-order valence-corrected chi connectivity index (χ4v) is 5.82. The minimum atomic E-state index is -3.61. The zero-order chi connectivity index (χ0) is 25.4. The minimum Gasteiger partial charge on any atom is -0.492 e. The maximum atomic E-state index is 12.9. The quantitative estimate of drug-likeness (QED) is 0.550. The van der Waals surface area contributed by atoms with E-state index in [9.17, 15) is 13.2 Å². The summed E-state index contributed by atoms with van der Waals surface area (Å²) in [6.45, 7) is 6.84. The summed E-state index contributed by atoms with van der Waals surface area (Å²) < 4.78 is 37.9. The summed E-state index contributed by atoms with van der Waals surface area (Å²) in [5, 5.41) is 6.39. The van der Waals surface area contributed by atoms with E-state index in [1.165, 1.54) is 24.5 Å². The lowest BCUT2D eigenvalue weighted by Gasteiger charge is -2.26. The molecule has 0 saturated carbocycles. The van der Waals surface area contributed by atoms with Crippen LogP contribution in [0.1, 0.15) is 18.1 Å². The molecule has 0 aliphatic carbocycles. The molecule has 10 heteroatoms. The van der Waals surface area contributed by atoms with E-state index in [1.807, 2.05) is 19.1 Å². The van der Waals surface area contributed by atoms with Crippen LogP contribution in [0.5, 0.6) is 5.75 Å². The molecule has 0 radical (unpaired) electrons. The molecule has 0 spiro atoms. The van der Waals surface area contributed by atoms with Crippen molar-refractivity contribution >= 4 is 32.9 Å². The molecular weight excluding hydrogens is 480 g/mol. The van der Waals surface area contributed by atoms with Crippen LogP contribution in [0.3, 0.4) is 0 Å². The number of amides is 1. The lowest BCUT2D eigenvalue weighted by molar-refractivity contribution is -0.110. The minimum absolute atomic E-state index is 0.0792. The molecule has 36 heavy (non-hydrogen) atoms. The van der Waals surface area contributed by atoms with E-state index >= 15 is 0 Å². The molecule has 0 bridgehead atoms. The molecular formula is C26H32N4O5S. The van der Waals surface area contributed by atoms with Gasteiger partial charge in [0.1, 0.15) is 12.4 Å². The molecule has 2 aromatic carbocycles. The molecule has 5 rings (SSSR count). The molecule has 2 aromatic rings. The van der Waals surface area contributed by atoms with Gasteiger partial charge in [0, 0.05) is 50.7 Å². The number of anilines is 2. The Labute approximate surface area is 212 Å². The van der Waals surface area contributed by atoms with E-state index in [0.29, 0.717) is 29.9 Å². The molecule has 3 heterocycles. The standard InChI is InChI=1S/C26H32N4O5S/c1-17(25-21-16-20(36(32,33)29(2)3)5-7-23(21)28-26(25)31)24-15-18-14-19(4-6-22(18)27-24)35-13-10-30-8-11-34-12-9-30/h4-7,14,16,24,27H,8-13,15H2,1-3H3,(H,28,31)/b25-17-. The number of benzene rings is 2. The van der Waals surface area contributed by atoms with Gasteiger partial charge in [0.05, 0.1) is 29.7 Å². The summed E-state index contributed by atoms with van der Waals surface area (Å²) in [4.78, 5) is 15.4. The van der Waals surface area contributed by atoms with E-state index in [4.69, 9.17) is 9.47 Å². The van der Waals surface area contributed by atoms with Crippen molar-refractivity contribution in [2.24, 2.45) is 0 Å². The first-order valence-corrected chi connectivity index (χ1v) is 13.6. The summed E-state index contributed by atoms with van der Waals surface area (Å²) in [5.74, 6) is 0.615. The number of sulfonamides is 1. The zero-order valence-electron chi connectivity index (χ0n) is 20.8. The van der Waals surface area contributed by atoms with E-state index in [2.05, 4.69) is 21.6 Å². The van der Waals surface area contributed by atoms with Crippen molar-refractivity contribution in [3.8, 4) is 5.75 Å². The lowest BCUT2D eigenvalue weighted by atomic mass is 9.95. The SMILES string of the molecule is C/C(=C1/C(=O)Nc2ccc(S(=O)(=O)N(C)C)cc21)C1Cc2cc(OCCN3CCOCC3)ccc2N1. The van der Waals surface area contributed by atoms with Gasteiger partial charge in [-0.25, -0.2) is 12.7 Å². The number of carbonyl (C=O) groups excluding carboxylic acids is 1. The van der Waals surface area contributed by atoms with Crippen LogP contribution in [0.2, 0.25) is 0 Å². The Kier molecular flexibility index (Phi) is 6.78. The van der Waals surface area contributed by atoms with E-state index in [0.717, 1.165) is 55.4 Å². The third kappa shape index (κ3) is 4.73. The van der Waals surface area contributed by atoms with Gasteiger partial charge in [0.2, 0.25) is 10.0 Å². The molecule has 1 unspecified atom stereocenters. The summed E-state index contributed by atoms with van der Waals surface area (Å²) in [6, 6.07) is 10.7. The Balaban J connectivity index is 1.33. The Morgan fingerprint density at radius 1 is 1.14 bits per heavy atom. The van der Waals surface area contributed by atoms with Crippen molar-refractivity contribution < 1.29 is 22.7 Å². The normalized spacial score (nSPS) is 21.1. The van der Waals surface area contributed by atoms with Crippen molar-refractivity contribution in [1.29, 1.82) is 0 Å². The maximum absolute atomic E-state index is 12.9. The monoisotopic (exact) mass is 512 g/mol. The first kappa shape index (κ1) is 24.8. The average molecular weight is 513 g/mol. The first-order valence-electron chi connectivity index (χ1n) is 12.2. The van der Waals surface area contributed by atoms with Crippen LogP contribution in [-0.2, 0) is 26.0 Å². The molecule has 1 fully saturated rings. The highest BCUT2D eigenvalue weighted by molar-refractivity contribution is 7.89. The Morgan fingerprint density at radius 3 is 2.64 bits per heavy atom. The van der Waals surface area contributed by atoms with Crippen molar-refractivity contribution in [2.75, 3.05) is 64.2 Å². The van der Waals surface area contributed by atoms with Crippen LogP contribution in [0.15, 0.2) is 46.9 Å². The summed E-state index contributed by atoms with van der Waals surface area (Å²) in [5.41, 5.74) is 4.78. The summed E-state index contributed by atoms with van der Waals surface area (Å²) in [6.07, 6.45) is 0.712. The Bertz CT molecular complexity index is 1320. The number of fused-ring (bicyclic) bond motifs is 2. The maximum Gasteiger partial charge on any atom is 0.256 e. The lowest BCUT2D eigenvalue weighted by Crippen LogP contribution is -2.38. The molecule has 2 N–H and O–H groups in total.